The lowest BCUT2D eigenvalue weighted by Gasteiger charge is -2.57. The van der Waals surface area contributed by atoms with Crippen molar-refractivity contribution >= 4 is 11.8 Å². The number of hydrogen-bond acceptors (Lipinski definition) is 5. The van der Waals surface area contributed by atoms with E-state index in [0.29, 0.717) is 19.3 Å². The van der Waals surface area contributed by atoms with Gasteiger partial charge in [0.1, 0.15) is 5.60 Å². The molecule has 0 aromatic rings. The van der Waals surface area contributed by atoms with Crippen molar-refractivity contribution in [2.24, 2.45) is 28.6 Å². The molecule has 1 spiro atoms. The highest BCUT2D eigenvalue weighted by Gasteiger charge is 2.67. The minimum Gasteiger partial charge on any atom is -0.458 e. The van der Waals surface area contributed by atoms with Gasteiger partial charge in [-0.3, -0.25) is 9.59 Å². The van der Waals surface area contributed by atoms with Crippen molar-refractivity contribution in [3.05, 3.63) is 23.3 Å². The molecular weight excluding hydrogens is 356 g/mol. The van der Waals surface area contributed by atoms with E-state index in [9.17, 15) is 19.8 Å². The van der Waals surface area contributed by atoms with E-state index in [4.69, 9.17) is 4.74 Å². The van der Waals surface area contributed by atoms with E-state index in [-0.39, 0.29) is 40.3 Å². The quantitative estimate of drug-likeness (QED) is 0.411. The Labute approximate surface area is 165 Å². The first kappa shape index (κ1) is 18.6. The lowest BCUT2D eigenvalue weighted by atomic mass is 9.48. The monoisotopic (exact) mass is 386 g/mol. The van der Waals surface area contributed by atoms with Gasteiger partial charge in [0, 0.05) is 29.6 Å². The van der Waals surface area contributed by atoms with Crippen LogP contribution in [0.4, 0.5) is 0 Å². The molecule has 0 aromatic heterocycles. The van der Waals surface area contributed by atoms with Crippen LogP contribution < -0.4 is 0 Å². The SMILES string of the molecule is C[C@]12CCC(=O)C=C1C[C@@H](C(O)O)[C@@H]1C2=CC[C@@]2(C)[C@H]1CC[C@@]21CCC(=O)O1. The van der Waals surface area contributed by atoms with E-state index in [1.807, 2.05) is 0 Å². The highest BCUT2D eigenvalue weighted by Crippen LogP contribution is 2.69. The Morgan fingerprint density at radius 3 is 2.61 bits per heavy atom. The number of ketones is 1. The standard InChI is InChI=1S/C23H30O5/c1-21-7-3-14(24)11-13(21)12-15(20(26)27)19-16(21)4-8-22(2)17(19)5-9-23(22)10-6-18(25)28-23/h4,11,15,17,19-20,26-27H,3,5-10,12H2,1-2H3/t15-,17+,19-,21+,22+,23-/m1/s1. The number of carbonyl (C=O) groups is 2. The number of aliphatic hydroxyl groups is 2. The molecular formula is C23H30O5. The number of aliphatic hydroxyl groups excluding tert-OH is 1. The predicted molar refractivity (Wildman–Crippen MR) is 102 cm³/mol. The molecule has 5 nitrogen and oxygen atoms in total. The number of esters is 1. The summed E-state index contributed by atoms with van der Waals surface area (Å²) in [6.45, 7) is 4.47. The van der Waals surface area contributed by atoms with E-state index in [1.165, 1.54) is 5.57 Å². The summed E-state index contributed by atoms with van der Waals surface area (Å²) in [4.78, 5) is 24.1. The Kier molecular flexibility index (Phi) is 3.84. The summed E-state index contributed by atoms with van der Waals surface area (Å²) < 4.78 is 5.95. The number of rotatable bonds is 1. The molecule has 152 valence electrons. The van der Waals surface area contributed by atoms with Gasteiger partial charge in [0.05, 0.1) is 0 Å². The third kappa shape index (κ3) is 2.20. The summed E-state index contributed by atoms with van der Waals surface area (Å²) in [7, 11) is 0. The van der Waals surface area contributed by atoms with Crippen LogP contribution in [0.25, 0.3) is 0 Å². The van der Waals surface area contributed by atoms with Gasteiger partial charge in [-0.15, -0.1) is 0 Å². The minimum atomic E-state index is -1.42. The van der Waals surface area contributed by atoms with Gasteiger partial charge in [0.2, 0.25) is 0 Å². The Bertz CT molecular complexity index is 810. The van der Waals surface area contributed by atoms with Gasteiger partial charge < -0.3 is 14.9 Å². The molecule has 5 rings (SSSR count). The molecule has 6 atom stereocenters. The number of carbonyl (C=O) groups excluding carboxylic acids is 2. The van der Waals surface area contributed by atoms with Crippen LogP contribution in [0.1, 0.15) is 65.2 Å². The lowest BCUT2D eigenvalue weighted by Crippen LogP contribution is -2.54. The molecule has 1 aliphatic heterocycles. The molecule has 1 heterocycles. The molecule has 1 saturated heterocycles. The first-order valence-corrected chi connectivity index (χ1v) is 10.7. The van der Waals surface area contributed by atoms with Crippen molar-refractivity contribution in [3.63, 3.8) is 0 Å². The fourth-order valence-electron chi connectivity index (χ4n) is 7.49. The number of allylic oxidation sites excluding steroid dienone is 4. The van der Waals surface area contributed by atoms with Crippen LogP contribution in [0.15, 0.2) is 23.3 Å². The van der Waals surface area contributed by atoms with E-state index >= 15 is 0 Å². The number of hydrogen-bond donors (Lipinski definition) is 2. The van der Waals surface area contributed by atoms with Crippen molar-refractivity contribution in [1.29, 1.82) is 0 Å². The predicted octanol–water partition coefficient (Wildman–Crippen LogP) is 3.05. The molecule has 28 heavy (non-hydrogen) atoms. The fourth-order valence-corrected chi connectivity index (χ4v) is 7.49. The summed E-state index contributed by atoms with van der Waals surface area (Å²) in [5, 5.41) is 20.6. The van der Waals surface area contributed by atoms with Gasteiger partial charge in [0.15, 0.2) is 12.1 Å². The Hall–Kier alpha value is -1.46. The lowest BCUT2D eigenvalue weighted by molar-refractivity contribution is -0.164. The van der Waals surface area contributed by atoms with Crippen LogP contribution >= 0.6 is 0 Å². The first-order chi connectivity index (χ1) is 13.2. The van der Waals surface area contributed by atoms with Gasteiger partial charge in [-0.05, 0) is 56.4 Å². The van der Waals surface area contributed by atoms with Gasteiger partial charge in [-0.25, -0.2) is 0 Å². The fraction of sp³-hybridized carbons (Fsp3) is 0.739. The van der Waals surface area contributed by atoms with Crippen molar-refractivity contribution in [3.8, 4) is 0 Å². The zero-order valence-electron chi connectivity index (χ0n) is 16.7. The Balaban J connectivity index is 1.62. The summed E-state index contributed by atoms with van der Waals surface area (Å²) in [6.07, 6.45) is 8.49. The maximum atomic E-state index is 12.1. The first-order valence-electron chi connectivity index (χ1n) is 10.7. The van der Waals surface area contributed by atoms with Gasteiger partial charge in [-0.2, -0.15) is 0 Å². The normalized spacial score (nSPS) is 47.4. The Morgan fingerprint density at radius 2 is 1.93 bits per heavy atom. The van der Waals surface area contributed by atoms with Gasteiger partial charge in [-0.1, -0.05) is 31.1 Å². The molecule has 0 amide bonds. The third-order valence-corrected chi connectivity index (χ3v) is 9.15. The van der Waals surface area contributed by atoms with E-state index in [2.05, 4.69) is 19.9 Å². The van der Waals surface area contributed by atoms with E-state index in [1.54, 1.807) is 6.08 Å². The maximum absolute atomic E-state index is 12.1. The molecule has 0 bridgehead atoms. The molecule has 0 unspecified atom stereocenters. The maximum Gasteiger partial charge on any atom is 0.306 e. The highest BCUT2D eigenvalue weighted by atomic mass is 16.6. The zero-order valence-corrected chi connectivity index (χ0v) is 16.7. The van der Waals surface area contributed by atoms with Crippen molar-refractivity contribution in [1.82, 2.24) is 0 Å². The van der Waals surface area contributed by atoms with E-state index in [0.717, 1.165) is 37.7 Å². The summed E-state index contributed by atoms with van der Waals surface area (Å²) in [6, 6.07) is 0. The van der Waals surface area contributed by atoms with Gasteiger partial charge >= 0.3 is 5.97 Å². The van der Waals surface area contributed by atoms with Crippen LogP contribution in [0.2, 0.25) is 0 Å². The van der Waals surface area contributed by atoms with E-state index < -0.39 is 11.9 Å². The zero-order chi connectivity index (χ0) is 19.9. The van der Waals surface area contributed by atoms with Crippen molar-refractivity contribution in [2.45, 2.75) is 77.1 Å². The molecule has 4 aliphatic carbocycles. The van der Waals surface area contributed by atoms with Crippen LogP contribution in [0.5, 0.6) is 0 Å². The second-order valence-electron chi connectivity index (χ2n) is 10.2. The summed E-state index contributed by atoms with van der Waals surface area (Å²) >= 11 is 0. The Morgan fingerprint density at radius 1 is 1.14 bits per heavy atom. The topological polar surface area (TPSA) is 83.8 Å². The molecule has 0 aromatic carbocycles. The van der Waals surface area contributed by atoms with Crippen molar-refractivity contribution < 1.29 is 24.5 Å². The summed E-state index contributed by atoms with van der Waals surface area (Å²) in [5.74, 6) is 0.0698. The number of ether oxygens (including phenoxy) is 1. The minimum absolute atomic E-state index is 0.0628. The average Bonchev–Trinajstić information content (AvgIpc) is 3.16. The van der Waals surface area contributed by atoms with Crippen LogP contribution in [-0.2, 0) is 14.3 Å². The molecule has 3 fully saturated rings. The largest absolute Gasteiger partial charge is 0.458 e. The van der Waals surface area contributed by atoms with Crippen LogP contribution in [0, 0.1) is 28.6 Å². The van der Waals surface area contributed by atoms with Crippen molar-refractivity contribution in [2.75, 3.05) is 0 Å². The van der Waals surface area contributed by atoms with Crippen LogP contribution in [0.3, 0.4) is 0 Å². The molecule has 0 radical (unpaired) electrons. The van der Waals surface area contributed by atoms with Crippen LogP contribution in [-0.4, -0.2) is 33.9 Å². The second-order valence-corrected chi connectivity index (χ2v) is 10.2. The second kappa shape index (κ2) is 5.79. The van der Waals surface area contributed by atoms with Gasteiger partial charge in [0.25, 0.3) is 0 Å². The molecule has 5 heteroatoms. The molecule has 2 saturated carbocycles. The summed E-state index contributed by atoms with van der Waals surface area (Å²) in [5.41, 5.74) is 1.63. The highest BCUT2D eigenvalue weighted by molar-refractivity contribution is 5.92. The molecule has 5 aliphatic rings. The third-order valence-electron chi connectivity index (χ3n) is 9.15. The molecule has 2 N–H and O–H groups in total. The smallest absolute Gasteiger partial charge is 0.306 e. The average molecular weight is 386 g/mol. The number of fused-ring (bicyclic) bond motifs is 6.